The summed E-state index contributed by atoms with van der Waals surface area (Å²) < 4.78 is 0. The normalized spacial score (nSPS) is 26.2. The molecule has 2 aliphatic heterocycles. The minimum Gasteiger partial charge on any atom is -0.299 e. The third kappa shape index (κ3) is 5.43. The van der Waals surface area contributed by atoms with Crippen molar-refractivity contribution in [3.05, 3.63) is 0 Å². The largest absolute Gasteiger partial charge is 0.299 e. The molecule has 2 aliphatic rings. The van der Waals surface area contributed by atoms with Crippen LogP contribution in [0.3, 0.4) is 0 Å². The van der Waals surface area contributed by atoms with E-state index in [9.17, 15) is 0 Å². The first-order valence-corrected chi connectivity index (χ1v) is 8.09. The molecule has 2 unspecified atom stereocenters. The zero-order valence-corrected chi connectivity index (χ0v) is 14.0. The van der Waals surface area contributed by atoms with Crippen LogP contribution in [-0.4, -0.2) is 47.6 Å². The lowest BCUT2D eigenvalue weighted by atomic mass is 10.0. The Morgan fingerprint density at radius 3 is 1.79 bits per heavy atom. The lowest BCUT2D eigenvalue weighted by Gasteiger charge is -2.29. The van der Waals surface area contributed by atoms with Gasteiger partial charge in [-0.3, -0.25) is 9.80 Å². The second kappa shape index (κ2) is 10.7. The molecule has 2 heterocycles. The average Bonchev–Trinajstić information content (AvgIpc) is 2.92. The first-order chi connectivity index (χ1) is 8.59. The summed E-state index contributed by atoms with van der Waals surface area (Å²) in [6, 6.07) is 2.32. The Labute approximate surface area is 123 Å². The quantitative estimate of drug-likeness (QED) is 0.730. The van der Waals surface area contributed by atoms with Gasteiger partial charge in [-0.25, -0.2) is 0 Å². The number of rotatable bonds is 2. The SMILES string of the molecule is C.CC.CC.CC(C)N1CC2CCN(C(C)C)C2C1. The number of nitrogens with zero attached hydrogens (tertiary/aromatic N) is 2. The zero-order valence-electron chi connectivity index (χ0n) is 14.0. The molecule has 2 atom stereocenters. The van der Waals surface area contributed by atoms with Crippen molar-refractivity contribution in [2.45, 2.75) is 87.4 Å². The zero-order chi connectivity index (χ0) is 14.3. The van der Waals surface area contributed by atoms with Crippen LogP contribution in [0.15, 0.2) is 0 Å². The Balaban J connectivity index is 0. The predicted octanol–water partition coefficient (Wildman–Crippen LogP) is 4.50. The molecule has 0 spiro atoms. The molecule has 118 valence electrons. The maximum Gasteiger partial charge on any atom is 0.0266 e. The molecule has 0 amide bonds. The van der Waals surface area contributed by atoms with Crippen molar-refractivity contribution in [3.63, 3.8) is 0 Å². The van der Waals surface area contributed by atoms with Crippen LogP contribution < -0.4 is 0 Å². The van der Waals surface area contributed by atoms with Gasteiger partial charge < -0.3 is 0 Å². The highest BCUT2D eigenvalue weighted by Gasteiger charge is 2.42. The smallest absolute Gasteiger partial charge is 0.0266 e. The summed E-state index contributed by atoms with van der Waals surface area (Å²) in [4.78, 5) is 5.34. The monoisotopic (exact) mass is 272 g/mol. The number of hydrogen-bond donors (Lipinski definition) is 0. The van der Waals surface area contributed by atoms with E-state index < -0.39 is 0 Å². The Hall–Kier alpha value is -0.0800. The highest BCUT2D eigenvalue weighted by Crippen LogP contribution is 2.33. The van der Waals surface area contributed by atoms with Gasteiger partial charge in [0.15, 0.2) is 0 Å². The minimum absolute atomic E-state index is 0. The van der Waals surface area contributed by atoms with Crippen molar-refractivity contribution >= 4 is 0 Å². The molecule has 2 saturated heterocycles. The molecule has 0 aromatic heterocycles. The van der Waals surface area contributed by atoms with Crippen LogP contribution >= 0.6 is 0 Å². The van der Waals surface area contributed by atoms with Crippen molar-refractivity contribution in [2.24, 2.45) is 5.92 Å². The fraction of sp³-hybridized carbons (Fsp3) is 1.00. The molecule has 0 radical (unpaired) electrons. The number of fused-ring (bicyclic) bond motifs is 1. The molecule has 2 rings (SSSR count). The molecule has 0 aromatic carbocycles. The lowest BCUT2D eigenvalue weighted by Crippen LogP contribution is -2.40. The van der Waals surface area contributed by atoms with Crippen LogP contribution in [0.1, 0.15) is 69.2 Å². The average molecular weight is 273 g/mol. The van der Waals surface area contributed by atoms with Crippen LogP contribution in [0.2, 0.25) is 0 Å². The third-order valence-electron chi connectivity index (χ3n) is 4.01. The Bertz CT molecular complexity index is 201. The van der Waals surface area contributed by atoms with E-state index >= 15 is 0 Å². The fourth-order valence-electron chi connectivity index (χ4n) is 3.09. The first-order valence-electron chi connectivity index (χ1n) is 8.09. The van der Waals surface area contributed by atoms with E-state index in [1.54, 1.807) is 0 Å². The second-order valence-electron chi connectivity index (χ2n) is 5.50. The van der Waals surface area contributed by atoms with Gasteiger partial charge in [-0.2, -0.15) is 0 Å². The molecule has 2 fully saturated rings. The molecular formula is C17H40N2. The summed E-state index contributed by atoms with van der Waals surface area (Å²) in [5, 5.41) is 0. The topological polar surface area (TPSA) is 6.48 Å². The highest BCUT2D eigenvalue weighted by atomic mass is 15.3. The van der Waals surface area contributed by atoms with E-state index in [1.165, 1.54) is 26.1 Å². The standard InChI is InChI=1S/C12H24N2.2C2H6.CH4/c1-9(2)13-7-11-5-6-14(10(3)4)12(11)8-13;2*1-2;/h9-12H,5-8H2,1-4H3;2*1-2H3;1H4. The van der Waals surface area contributed by atoms with E-state index in [4.69, 9.17) is 0 Å². The molecule has 2 nitrogen and oxygen atoms in total. The van der Waals surface area contributed by atoms with E-state index in [0.717, 1.165) is 24.0 Å². The molecule has 2 heteroatoms. The Morgan fingerprint density at radius 2 is 1.37 bits per heavy atom. The van der Waals surface area contributed by atoms with Crippen molar-refractivity contribution in [3.8, 4) is 0 Å². The van der Waals surface area contributed by atoms with Crippen LogP contribution in [0, 0.1) is 5.92 Å². The van der Waals surface area contributed by atoms with Crippen LogP contribution in [0.4, 0.5) is 0 Å². The minimum atomic E-state index is 0. The van der Waals surface area contributed by atoms with E-state index in [0.29, 0.717) is 0 Å². The molecule has 19 heavy (non-hydrogen) atoms. The van der Waals surface area contributed by atoms with Gasteiger partial charge in [-0.05, 0) is 46.6 Å². The molecule has 0 aliphatic carbocycles. The molecule has 0 aromatic rings. The van der Waals surface area contributed by atoms with Crippen molar-refractivity contribution < 1.29 is 0 Å². The number of likely N-dealkylation sites (tertiary alicyclic amines) is 2. The van der Waals surface area contributed by atoms with Gasteiger partial charge in [0.2, 0.25) is 0 Å². The van der Waals surface area contributed by atoms with Crippen molar-refractivity contribution in [2.75, 3.05) is 19.6 Å². The van der Waals surface area contributed by atoms with Gasteiger partial charge in [0.25, 0.3) is 0 Å². The highest BCUT2D eigenvalue weighted by molar-refractivity contribution is 4.97. The molecular weight excluding hydrogens is 232 g/mol. The summed E-state index contributed by atoms with van der Waals surface area (Å²) >= 11 is 0. The first kappa shape index (κ1) is 21.2. The molecule has 0 saturated carbocycles. The van der Waals surface area contributed by atoms with E-state index in [2.05, 4.69) is 37.5 Å². The summed E-state index contributed by atoms with van der Waals surface area (Å²) in [7, 11) is 0. The van der Waals surface area contributed by atoms with E-state index in [-0.39, 0.29) is 7.43 Å². The molecule has 0 N–H and O–H groups in total. The summed E-state index contributed by atoms with van der Waals surface area (Å²) in [6.07, 6.45) is 1.42. The second-order valence-corrected chi connectivity index (χ2v) is 5.50. The van der Waals surface area contributed by atoms with Gasteiger partial charge in [-0.15, -0.1) is 0 Å². The summed E-state index contributed by atoms with van der Waals surface area (Å²) in [6.45, 7) is 21.3. The van der Waals surface area contributed by atoms with E-state index in [1.807, 2.05) is 27.7 Å². The van der Waals surface area contributed by atoms with Crippen molar-refractivity contribution in [1.82, 2.24) is 9.80 Å². The van der Waals surface area contributed by atoms with Gasteiger partial charge in [-0.1, -0.05) is 35.1 Å². The lowest BCUT2D eigenvalue weighted by molar-refractivity contribution is 0.174. The summed E-state index contributed by atoms with van der Waals surface area (Å²) in [5.41, 5.74) is 0. The van der Waals surface area contributed by atoms with Gasteiger partial charge in [0.1, 0.15) is 0 Å². The van der Waals surface area contributed by atoms with Crippen LogP contribution in [-0.2, 0) is 0 Å². The fourth-order valence-corrected chi connectivity index (χ4v) is 3.09. The maximum absolute atomic E-state index is 2.70. The van der Waals surface area contributed by atoms with Gasteiger partial charge in [0, 0.05) is 31.2 Å². The number of hydrogen-bond acceptors (Lipinski definition) is 2. The summed E-state index contributed by atoms with van der Waals surface area (Å²) in [5.74, 6) is 0.958. The molecule has 0 bridgehead atoms. The predicted molar refractivity (Wildman–Crippen MR) is 89.9 cm³/mol. The van der Waals surface area contributed by atoms with Crippen molar-refractivity contribution in [1.29, 1.82) is 0 Å². The van der Waals surface area contributed by atoms with Crippen LogP contribution in [0.5, 0.6) is 0 Å². The van der Waals surface area contributed by atoms with Crippen LogP contribution in [0.25, 0.3) is 0 Å². The maximum atomic E-state index is 2.70. The van der Waals surface area contributed by atoms with Gasteiger partial charge in [0.05, 0.1) is 0 Å². The third-order valence-corrected chi connectivity index (χ3v) is 4.01. The Kier molecular flexibility index (Phi) is 11.9. The van der Waals surface area contributed by atoms with Gasteiger partial charge >= 0.3 is 0 Å². The Morgan fingerprint density at radius 1 is 0.842 bits per heavy atom.